The number of pyridine rings is 1. The van der Waals surface area contributed by atoms with Gasteiger partial charge in [-0.1, -0.05) is 24.3 Å². The van der Waals surface area contributed by atoms with Gasteiger partial charge in [0.25, 0.3) is 5.91 Å². The molecular weight excluding hydrogens is 266 g/mol. The lowest BCUT2D eigenvalue weighted by molar-refractivity contribution is -0.0109. The molecule has 1 aromatic carbocycles. The number of likely N-dealkylation sites (tertiary alicyclic amines) is 1. The van der Waals surface area contributed by atoms with Crippen molar-refractivity contribution in [1.29, 1.82) is 0 Å². The summed E-state index contributed by atoms with van der Waals surface area (Å²) in [4.78, 5) is 18.5. The Balaban J connectivity index is 1.94. The number of aliphatic hydroxyl groups is 1. The minimum Gasteiger partial charge on any atom is -0.388 e. The van der Waals surface area contributed by atoms with Crippen LogP contribution in [0.15, 0.2) is 30.3 Å². The van der Waals surface area contributed by atoms with Crippen molar-refractivity contribution in [2.24, 2.45) is 0 Å². The van der Waals surface area contributed by atoms with E-state index in [9.17, 15) is 9.90 Å². The number of nitrogens with zero attached hydrogens (tertiary/aromatic N) is 2. The van der Waals surface area contributed by atoms with Crippen molar-refractivity contribution in [3.63, 3.8) is 0 Å². The van der Waals surface area contributed by atoms with E-state index in [-0.39, 0.29) is 5.91 Å². The number of amides is 1. The molecule has 5 nitrogen and oxygen atoms in total. The lowest BCUT2D eigenvalue weighted by Gasteiger charge is -2.36. The predicted octanol–water partition coefficient (Wildman–Crippen LogP) is 1.80. The third-order valence-corrected chi connectivity index (χ3v) is 3.95. The Kier molecular flexibility index (Phi) is 3.29. The zero-order valence-corrected chi connectivity index (χ0v) is 12.0. The number of hydrogen-bond acceptors (Lipinski definition) is 4. The van der Waals surface area contributed by atoms with Gasteiger partial charge >= 0.3 is 0 Å². The summed E-state index contributed by atoms with van der Waals surface area (Å²) in [6.07, 6.45) is 1.51. The van der Waals surface area contributed by atoms with Gasteiger partial charge in [-0.2, -0.15) is 0 Å². The van der Waals surface area contributed by atoms with E-state index in [1.54, 1.807) is 17.9 Å². The molecule has 1 aromatic heterocycles. The van der Waals surface area contributed by atoms with Crippen LogP contribution in [0.2, 0.25) is 0 Å². The van der Waals surface area contributed by atoms with Crippen molar-refractivity contribution in [3.05, 3.63) is 36.0 Å². The van der Waals surface area contributed by atoms with E-state index in [4.69, 9.17) is 5.73 Å². The Bertz CT molecular complexity index is 697. The fraction of sp³-hybridized carbons (Fsp3) is 0.375. The molecule has 3 N–H and O–H groups in total. The molecular formula is C16H19N3O2. The molecule has 0 spiro atoms. The van der Waals surface area contributed by atoms with Crippen LogP contribution >= 0.6 is 0 Å². The number of carbonyl (C=O) groups excluding carboxylic acids is 1. The van der Waals surface area contributed by atoms with Gasteiger partial charge in [0.15, 0.2) is 0 Å². The standard InChI is InChI=1S/C16H19N3O2/c1-16(21)7-4-8-19(10-16)15(20)13-9-11-5-2-3-6-12(11)14(17)18-13/h2-3,5-6,9,21H,4,7-8,10H2,1H3,(H2,17,18). The van der Waals surface area contributed by atoms with Gasteiger partial charge in [0.2, 0.25) is 0 Å². The molecule has 2 heterocycles. The van der Waals surface area contributed by atoms with Crippen molar-refractivity contribution in [2.45, 2.75) is 25.4 Å². The van der Waals surface area contributed by atoms with Crippen molar-refractivity contribution in [3.8, 4) is 0 Å². The van der Waals surface area contributed by atoms with Crippen LogP contribution in [-0.2, 0) is 0 Å². The summed E-state index contributed by atoms with van der Waals surface area (Å²) in [6.45, 7) is 2.73. The van der Waals surface area contributed by atoms with Crippen LogP contribution in [-0.4, -0.2) is 39.6 Å². The van der Waals surface area contributed by atoms with Gasteiger partial charge < -0.3 is 15.7 Å². The first-order valence-corrected chi connectivity index (χ1v) is 7.13. The molecule has 1 amide bonds. The second-order valence-corrected chi connectivity index (χ2v) is 5.94. The van der Waals surface area contributed by atoms with E-state index < -0.39 is 5.60 Å². The summed E-state index contributed by atoms with van der Waals surface area (Å²) in [7, 11) is 0. The molecule has 0 radical (unpaired) electrons. The van der Waals surface area contributed by atoms with E-state index in [0.29, 0.717) is 31.0 Å². The molecule has 0 bridgehead atoms. The van der Waals surface area contributed by atoms with Gasteiger partial charge in [-0.3, -0.25) is 4.79 Å². The van der Waals surface area contributed by atoms with Gasteiger partial charge in [0.05, 0.1) is 5.60 Å². The van der Waals surface area contributed by atoms with Crippen molar-refractivity contribution in [1.82, 2.24) is 9.88 Å². The summed E-state index contributed by atoms with van der Waals surface area (Å²) in [5.41, 5.74) is 5.46. The van der Waals surface area contributed by atoms with Gasteiger partial charge in [0.1, 0.15) is 11.5 Å². The lowest BCUT2D eigenvalue weighted by atomic mass is 9.95. The van der Waals surface area contributed by atoms with Crippen LogP contribution in [0.3, 0.4) is 0 Å². The Morgan fingerprint density at radius 2 is 2.19 bits per heavy atom. The third kappa shape index (κ3) is 2.69. The highest BCUT2D eigenvalue weighted by atomic mass is 16.3. The fourth-order valence-corrected chi connectivity index (χ4v) is 2.89. The number of fused-ring (bicyclic) bond motifs is 1. The largest absolute Gasteiger partial charge is 0.388 e. The van der Waals surface area contributed by atoms with Crippen molar-refractivity contribution < 1.29 is 9.90 Å². The van der Waals surface area contributed by atoms with Crippen molar-refractivity contribution >= 4 is 22.5 Å². The molecule has 1 unspecified atom stereocenters. The number of nitrogens with two attached hydrogens (primary N) is 1. The average molecular weight is 285 g/mol. The zero-order chi connectivity index (χ0) is 15.0. The number of benzene rings is 1. The number of piperidine rings is 1. The molecule has 3 rings (SSSR count). The van der Waals surface area contributed by atoms with E-state index >= 15 is 0 Å². The van der Waals surface area contributed by atoms with Crippen LogP contribution in [0.5, 0.6) is 0 Å². The van der Waals surface area contributed by atoms with Crippen molar-refractivity contribution in [2.75, 3.05) is 18.8 Å². The molecule has 21 heavy (non-hydrogen) atoms. The Morgan fingerprint density at radius 3 is 2.95 bits per heavy atom. The van der Waals surface area contributed by atoms with Crippen LogP contribution in [0.4, 0.5) is 5.82 Å². The summed E-state index contributed by atoms with van der Waals surface area (Å²) < 4.78 is 0. The first-order chi connectivity index (χ1) is 9.96. The maximum atomic E-state index is 12.6. The molecule has 0 saturated carbocycles. The normalized spacial score (nSPS) is 22.5. The Labute approximate surface area is 123 Å². The average Bonchev–Trinajstić information content (AvgIpc) is 2.45. The summed E-state index contributed by atoms with van der Waals surface area (Å²) in [6, 6.07) is 9.36. The highest BCUT2D eigenvalue weighted by molar-refractivity contribution is 5.99. The van der Waals surface area contributed by atoms with E-state index in [0.717, 1.165) is 17.2 Å². The minimum absolute atomic E-state index is 0.174. The van der Waals surface area contributed by atoms with E-state index in [1.165, 1.54) is 0 Å². The first kappa shape index (κ1) is 13.8. The summed E-state index contributed by atoms with van der Waals surface area (Å²) in [5, 5.41) is 11.9. The predicted molar refractivity (Wildman–Crippen MR) is 81.9 cm³/mol. The van der Waals surface area contributed by atoms with E-state index in [1.807, 2.05) is 24.3 Å². The topological polar surface area (TPSA) is 79.5 Å². The highest BCUT2D eigenvalue weighted by Gasteiger charge is 2.31. The number of nitrogen functional groups attached to an aromatic ring is 1. The van der Waals surface area contributed by atoms with E-state index in [2.05, 4.69) is 4.98 Å². The molecule has 2 aromatic rings. The fourth-order valence-electron chi connectivity index (χ4n) is 2.89. The minimum atomic E-state index is -0.823. The molecule has 1 atom stereocenters. The third-order valence-electron chi connectivity index (χ3n) is 3.95. The number of carbonyl (C=O) groups is 1. The highest BCUT2D eigenvalue weighted by Crippen LogP contribution is 2.24. The molecule has 5 heteroatoms. The number of β-amino-alcohol motifs (C(OH)–C–C–N with tert-alkyl or cyclic N) is 1. The van der Waals surface area contributed by atoms with Crippen LogP contribution in [0.1, 0.15) is 30.3 Å². The Morgan fingerprint density at radius 1 is 1.43 bits per heavy atom. The number of anilines is 1. The van der Waals surface area contributed by atoms with Gasteiger partial charge in [-0.25, -0.2) is 4.98 Å². The summed E-state index contributed by atoms with van der Waals surface area (Å²) in [5.74, 6) is 0.188. The Hall–Kier alpha value is -2.14. The lowest BCUT2D eigenvalue weighted by Crippen LogP contribution is -2.48. The van der Waals surface area contributed by atoms with Crippen LogP contribution in [0.25, 0.3) is 10.8 Å². The van der Waals surface area contributed by atoms with Gasteiger partial charge in [-0.05, 0) is 31.2 Å². The van der Waals surface area contributed by atoms with Crippen LogP contribution in [0, 0.1) is 0 Å². The monoisotopic (exact) mass is 285 g/mol. The van der Waals surface area contributed by atoms with Crippen LogP contribution < -0.4 is 5.73 Å². The number of aromatic nitrogens is 1. The summed E-state index contributed by atoms with van der Waals surface area (Å²) >= 11 is 0. The number of hydrogen-bond donors (Lipinski definition) is 2. The second-order valence-electron chi connectivity index (χ2n) is 5.94. The maximum absolute atomic E-state index is 12.6. The maximum Gasteiger partial charge on any atom is 0.272 e. The molecule has 1 aliphatic heterocycles. The number of rotatable bonds is 1. The second kappa shape index (κ2) is 5.00. The smallest absolute Gasteiger partial charge is 0.272 e. The first-order valence-electron chi connectivity index (χ1n) is 7.13. The SMILES string of the molecule is CC1(O)CCCN(C(=O)c2cc3ccccc3c(N)n2)C1. The quantitative estimate of drug-likeness (QED) is 0.837. The molecule has 0 aliphatic carbocycles. The van der Waals surface area contributed by atoms with Gasteiger partial charge in [-0.15, -0.1) is 0 Å². The molecule has 1 fully saturated rings. The molecule has 1 saturated heterocycles. The zero-order valence-electron chi connectivity index (χ0n) is 12.0. The molecule has 1 aliphatic rings. The molecule has 110 valence electrons. The van der Waals surface area contributed by atoms with Gasteiger partial charge in [0, 0.05) is 18.5 Å².